The lowest BCUT2D eigenvalue weighted by Gasteiger charge is -2.37. The predicted octanol–water partition coefficient (Wildman–Crippen LogP) is 2.05. The van der Waals surface area contributed by atoms with Crippen molar-refractivity contribution in [2.75, 3.05) is 6.54 Å². The van der Waals surface area contributed by atoms with E-state index in [0.717, 1.165) is 19.3 Å². The standard InChI is InChI=1S/C13H21NO3/c1-4-6-10(3)12(15)14-8-5-7-9(2)11(14)13(16)17/h6,9,11H,4-5,7-8H2,1-3H3,(H,16,17)/b10-6-. The van der Waals surface area contributed by atoms with Crippen molar-refractivity contribution in [2.24, 2.45) is 5.92 Å². The average Bonchev–Trinajstić information content (AvgIpc) is 2.27. The van der Waals surface area contributed by atoms with E-state index in [9.17, 15) is 14.7 Å². The highest BCUT2D eigenvalue weighted by molar-refractivity contribution is 5.95. The number of likely N-dealkylation sites (tertiary alicyclic amines) is 1. The van der Waals surface area contributed by atoms with Crippen molar-refractivity contribution < 1.29 is 14.7 Å². The molecule has 96 valence electrons. The molecule has 0 aliphatic carbocycles. The van der Waals surface area contributed by atoms with Gasteiger partial charge in [0.25, 0.3) is 0 Å². The van der Waals surface area contributed by atoms with Gasteiger partial charge in [0.15, 0.2) is 0 Å². The van der Waals surface area contributed by atoms with Crippen LogP contribution in [0.25, 0.3) is 0 Å². The molecule has 1 amide bonds. The lowest BCUT2D eigenvalue weighted by molar-refractivity contribution is -0.153. The molecule has 1 rings (SSSR count). The van der Waals surface area contributed by atoms with Crippen molar-refractivity contribution in [3.63, 3.8) is 0 Å². The zero-order valence-electron chi connectivity index (χ0n) is 10.8. The molecule has 1 N–H and O–H groups in total. The number of aliphatic carboxylic acids is 1. The van der Waals surface area contributed by atoms with Crippen LogP contribution in [0.5, 0.6) is 0 Å². The zero-order valence-corrected chi connectivity index (χ0v) is 10.8. The second-order valence-corrected chi connectivity index (χ2v) is 4.70. The SMILES string of the molecule is CC/C=C(/C)C(=O)N1CCCC(C)C1C(=O)O. The average molecular weight is 239 g/mol. The first-order chi connectivity index (χ1) is 7.99. The molecule has 17 heavy (non-hydrogen) atoms. The van der Waals surface area contributed by atoms with Crippen LogP contribution < -0.4 is 0 Å². The summed E-state index contributed by atoms with van der Waals surface area (Å²) in [6, 6.07) is -0.670. The van der Waals surface area contributed by atoms with Gasteiger partial charge in [-0.2, -0.15) is 0 Å². The summed E-state index contributed by atoms with van der Waals surface area (Å²) in [4.78, 5) is 24.9. The van der Waals surface area contributed by atoms with Gasteiger partial charge in [-0.05, 0) is 32.1 Å². The van der Waals surface area contributed by atoms with E-state index in [-0.39, 0.29) is 11.8 Å². The van der Waals surface area contributed by atoms with Crippen LogP contribution in [0, 0.1) is 5.92 Å². The van der Waals surface area contributed by atoms with Crippen LogP contribution in [-0.4, -0.2) is 34.5 Å². The minimum atomic E-state index is -0.894. The van der Waals surface area contributed by atoms with E-state index < -0.39 is 12.0 Å². The molecule has 1 aliphatic rings. The number of amides is 1. The molecule has 0 radical (unpaired) electrons. The molecular formula is C13H21NO3. The lowest BCUT2D eigenvalue weighted by atomic mass is 9.90. The number of rotatable bonds is 3. The van der Waals surface area contributed by atoms with Gasteiger partial charge in [-0.3, -0.25) is 4.79 Å². The summed E-state index contributed by atoms with van der Waals surface area (Å²) in [5, 5.41) is 9.23. The molecule has 0 aromatic heterocycles. The third-order valence-corrected chi connectivity index (χ3v) is 3.29. The van der Waals surface area contributed by atoms with E-state index in [1.54, 1.807) is 6.92 Å². The third kappa shape index (κ3) is 3.08. The van der Waals surface area contributed by atoms with Crippen LogP contribution in [0.3, 0.4) is 0 Å². The fraction of sp³-hybridized carbons (Fsp3) is 0.692. The topological polar surface area (TPSA) is 57.6 Å². The molecule has 0 saturated carbocycles. The Morgan fingerprint density at radius 3 is 2.65 bits per heavy atom. The zero-order chi connectivity index (χ0) is 13.0. The lowest BCUT2D eigenvalue weighted by Crippen LogP contribution is -2.52. The van der Waals surface area contributed by atoms with E-state index in [0.29, 0.717) is 12.1 Å². The van der Waals surface area contributed by atoms with Gasteiger partial charge >= 0.3 is 5.97 Å². The minimum Gasteiger partial charge on any atom is -0.480 e. The van der Waals surface area contributed by atoms with Gasteiger partial charge < -0.3 is 10.0 Å². The normalized spacial score (nSPS) is 25.8. The molecular weight excluding hydrogens is 218 g/mol. The number of carboxylic acid groups (broad SMARTS) is 1. The van der Waals surface area contributed by atoms with Gasteiger partial charge in [-0.1, -0.05) is 19.9 Å². The molecule has 1 heterocycles. The summed E-state index contributed by atoms with van der Waals surface area (Å²) in [5.74, 6) is -1.000. The molecule has 4 nitrogen and oxygen atoms in total. The molecule has 0 bridgehead atoms. The van der Waals surface area contributed by atoms with Gasteiger partial charge in [0.1, 0.15) is 6.04 Å². The van der Waals surface area contributed by atoms with Crippen LogP contribution >= 0.6 is 0 Å². The van der Waals surface area contributed by atoms with Gasteiger partial charge in [0.05, 0.1) is 0 Å². The van der Waals surface area contributed by atoms with E-state index in [1.165, 1.54) is 4.90 Å². The van der Waals surface area contributed by atoms with Gasteiger partial charge in [-0.15, -0.1) is 0 Å². The Balaban J connectivity index is 2.89. The number of hydrogen-bond acceptors (Lipinski definition) is 2. The van der Waals surface area contributed by atoms with Crippen LogP contribution in [0.2, 0.25) is 0 Å². The molecule has 0 spiro atoms. The highest BCUT2D eigenvalue weighted by atomic mass is 16.4. The van der Waals surface area contributed by atoms with Crippen molar-refractivity contribution in [1.29, 1.82) is 0 Å². The smallest absolute Gasteiger partial charge is 0.326 e. The number of carboxylic acids is 1. The van der Waals surface area contributed by atoms with Crippen molar-refractivity contribution in [3.05, 3.63) is 11.6 Å². The van der Waals surface area contributed by atoms with Gasteiger partial charge in [0, 0.05) is 12.1 Å². The monoisotopic (exact) mass is 239 g/mol. The molecule has 1 saturated heterocycles. The Bertz CT molecular complexity index is 336. The predicted molar refractivity (Wildman–Crippen MR) is 65.6 cm³/mol. The first-order valence-corrected chi connectivity index (χ1v) is 6.19. The van der Waals surface area contributed by atoms with E-state index in [1.807, 2.05) is 19.9 Å². The number of carbonyl (C=O) groups excluding carboxylic acids is 1. The molecule has 0 aromatic rings. The van der Waals surface area contributed by atoms with Gasteiger partial charge in [-0.25, -0.2) is 4.79 Å². The second kappa shape index (κ2) is 5.84. The number of hydrogen-bond donors (Lipinski definition) is 1. The summed E-state index contributed by atoms with van der Waals surface area (Å²) >= 11 is 0. The number of piperidine rings is 1. The number of carbonyl (C=O) groups is 2. The molecule has 1 fully saturated rings. The number of nitrogens with zero attached hydrogens (tertiary/aromatic N) is 1. The van der Waals surface area contributed by atoms with Crippen LogP contribution in [-0.2, 0) is 9.59 Å². The molecule has 2 unspecified atom stereocenters. The fourth-order valence-electron chi connectivity index (χ4n) is 2.41. The number of allylic oxidation sites excluding steroid dienone is 1. The summed E-state index contributed by atoms with van der Waals surface area (Å²) in [7, 11) is 0. The van der Waals surface area contributed by atoms with E-state index >= 15 is 0 Å². The Labute approximate surface area is 102 Å². The molecule has 1 aliphatic heterocycles. The quantitative estimate of drug-likeness (QED) is 0.767. The maximum Gasteiger partial charge on any atom is 0.326 e. The second-order valence-electron chi connectivity index (χ2n) is 4.70. The van der Waals surface area contributed by atoms with Crippen molar-refractivity contribution in [2.45, 2.75) is 46.1 Å². The highest BCUT2D eigenvalue weighted by Crippen LogP contribution is 2.25. The first-order valence-electron chi connectivity index (χ1n) is 6.19. The Morgan fingerprint density at radius 2 is 2.12 bits per heavy atom. The van der Waals surface area contributed by atoms with E-state index in [4.69, 9.17) is 0 Å². The summed E-state index contributed by atoms with van der Waals surface area (Å²) in [6.07, 6.45) is 4.40. The van der Waals surface area contributed by atoms with Gasteiger partial charge in [0.2, 0.25) is 5.91 Å². The summed E-state index contributed by atoms with van der Waals surface area (Å²) in [6.45, 7) is 6.17. The van der Waals surface area contributed by atoms with Crippen LogP contribution in [0.4, 0.5) is 0 Å². The van der Waals surface area contributed by atoms with Crippen LogP contribution in [0.1, 0.15) is 40.0 Å². The van der Waals surface area contributed by atoms with Crippen molar-refractivity contribution >= 4 is 11.9 Å². The Kier molecular flexibility index (Phi) is 4.73. The maximum absolute atomic E-state index is 12.1. The molecule has 2 atom stereocenters. The fourth-order valence-corrected chi connectivity index (χ4v) is 2.41. The van der Waals surface area contributed by atoms with Crippen molar-refractivity contribution in [1.82, 2.24) is 4.90 Å². The molecule has 0 aromatic carbocycles. The largest absolute Gasteiger partial charge is 0.480 e. The highest BCUT2D eigenvalue weighted by Gasteiger charge is 2.37. The molecule has 4 heteroatoms. The summed E-state index contributed by atoms with van der Waals surface area (Å²) in [5.41, 5.74) is 0.646. The summed E-state index contributed by atoms with van der Waals surface area (Å²) < 4.78 is 0. The van der Waals surface area contributed by atoms with Crippen LogP contribution in [0.15, 0.2) is 11.6 Å². The van der Waals surface area contributed by atoms with E-state index in [2.05, 4.69) is 0 Å². The third-order valence-electron chi connectivity index (χ3n) is 3.29. The minimum absolute atomic E-state index is 0.0274. The first kappa shape index (κ1) is 13.7. The Morgan fingerprint density at radius 1 is 1.47 bits per heavy atom. The Hall–Kier alpha value is -1.32. The maximum atomic E-state index is 12.1. The van der Waals surface area contributed by atoms with Crippen molar-refractivity contribution in [3.8, 4) is 0 Å².